The van der Waals surface area contributed by atoms with Gasteiger partial charge in [-0.1, -0.05) is 18.5 Å². The minimum atomic E-state index is -0.278. The van der Waals surface area contributed by atoms with Crippen molar-refractivity contribution in [2.24, 2.45) is 0 Å². The van der Waals surface area contributed by atoms with Crippen LogP contribution in [0.2, 0.25) is 5.02 Å². The van der Waals surface area contributed by atoms with E-state index in [2.05, 4.69) is 0 Å². The average molecular weight is 229 g/mol. The summed E-state index contributed by atoms with van der Waals surface area (Å²) in [5.74, 6) is 0.704. The quantitative estimate of drug-likeness (QED) is 0.587. The monoisotopic (exact) mass is 228 g/mol. The van der Waals surface area contributed by atoms with Crippen molar-refractivity contribution in [1.82, 2.24) is 0 Å². The Labute approximate surface area is 93.9 Å². The zero-order valence-corrected chi connectivity index (χ0v) is 9.50. The van der Waals surface area contributed by atoms with Crippen molar-refractivity contribution in [2.75, 3.05) is 6.61 Å². The minimum Gasteiger partial charge on any atom is -0.492 e. The Bertz CT molecular complexity index is 350. The van der Waals surface area contributed by atoms with Gasteiger partial charge in [0, 0.05) is 12.5 Å². The number of carbonyl (C=O) groups excluding carboxylic acids is 1. The van der Waals surface area contributed by atoms with Crippen LogP contribution in [-0.2, 0) is 4.79 Å². The maximum atomic E-state index is 11.0. The highest BCUT2D eigenvalue weighted by Gasteiger charge is 2.06. The van der Waals surface area contributed by atoms with E-state index in [-0.39, 0.29) is 5.97 Å². The van der Waals surface area contributed by atoms with Gasteiger partial charge in [-0.05, 0) is 19.1 Å². The molecule has 0 atom stereocenters. The van der Waals surface area contributed by atoms with E-state index < -0.39 is 0 Å². The van der Waals surface area contributed by atoms with Crippen LogP contribution in [0.3, 0.4) is 0 Å². The second-order valence-electron chi connectivity index (χ2n) is 2.85. The molecule has 0 aliphatic rings. The molecule has 0 fully saturated rings. The molecule has 0 amide bonds. The van der Waals surface area contributed by atoms with Gasteiger partial charge in [0.15, 0.2) is 0 Å². The summed E-state index contributed by atoms with van der Waals surface area (Å²) in [5.41, 5.74) is 0. The Morgan fingerprint density at radius 2 is 2.13 bits per heavy atom. The summed E-state index contributed by atoms with van der Waals surface area (Å²) in [6.07, 6.45) is 0.340. The van der Waals surface area contributed by atoms with E-state index in [4.69, 9.17) is 21.1 Å². The number of rotatable bonds is 4. The van der Waals surface area contributed by atoms with Crippen LogP contribution in [0.1, 0.15) is 20.3 Å². The maximum Gasteiger partial charge on any atom is 0.310 e. The van der Waals surface area contributed by atoms with Crippen molar-refractivity contribution in [1.29, 1.82) is 0 Å². The number of esters is 1. The standard InChI is InChI=1S/C11H13ClO3/c1-3-11(13)15-8-5-6-9(12)10(7-8)14-4-2/h5-7H,3-4H2,1-2H3. The van der Waals surface area contributed by atoms with E-state index in [1.54, 1.807) is 25.1 Å². The molecule has 15 heavy (non-hydrogen) atoms. The van der Waals surface area contributed by atoms with Crippen molar-refractivity contribution in [2.45, 2.75) is 20.3 Å². The normalized spacial score (nSPS) is 9.80. The number of hydrogen-bond donors (Lipinski definition) is 0. The van der Waals surface area contributed by atoms with Gasteiger partial charge < -0.3 is 9.47 Å². The molecular formula is C11H13ClO3. The van der Waals surface area contributed by atoms with Crippen LogP contribution in [0.15, 0.2) is 18.2 Å². The van der Waals surface area contributed by atoms with Crippen molar-refractivity contribution >= 4 is 17.6 Å². The molecule has 0 aromatic heterocycles. The lowest BCUT2D eigenvalue weighted by Crippen LogP contribution is -2.05. The van der Waals surface area contributed by atoms with Crippen LogP contribution < -0.4 is 9.47 Å². The van der Waals surface area contributed by atoms with Crippen LogP contribution in [0.5, 0.6) is 11.5 Å². The number of halogens is 1. The molecule has 0 saturated heterocycles. The maximum absolute atomic E-state index is 11.0. The van der Waals surface area contributed by atoms with E-state index in [1.165, 1.54) is 0 Å². The Kier molecular flexibility index (Phi) is 4.43. The lowest BCUT2D eigenvalue weighted by Gasteiger charge is -2.08. The molecule has 0 aliphatic heterocycles. The summed E-state index contributed by atoms with van der Waals surface area (Å²) >= 11 is 5.88. The number of hydrogen-bond acceptors (Lipinski definition) is 3. The van der Waals surface area contributed by atoms with E-state index >= 15 is 0 Å². The molecule has 1 aromatic carbocycles. The second-order valence-corrected chi connectivity index (χ2v) is 3.26. The second kappa shape index (κ2) is 5.61. The van der Waals surface area contributed by atoms with Crippen molar-refractivity contribution in [3.8, 4) is 11.5 Å². The molecule has 4 heteroatoms. The zero-order valence-electron chi connectivity index (χ0n) is 8.75. The van der Waals surface area contributed by atoms with E-state index in [0.717, 1.165) is 0 Å². The number of carbonyl (C=O) groups is 1. The van der Waals surface area contributed by atoms with Gasteiger partial charge in [0.05, 0.1) is 11.6 Å². The van der Waals surface area contributed by atoms with Gasteiger partial charge in [-0.15, -0.1) is 0 Å². The summed E-state index contributed by atoms with van der Waals surface area (Å²) in [7, 11) is 0. The summed E-state index contributed by atoms with van der Waals surface area (Å²) in [6.45, 7) is 4.12. The Morgan fingerprint density at radius 3 is 2.73 bits per heavy atom. The highest BCUT2D eigenvalue weighted by molar-refractivity contribution is 6.32. The number of benzene rings is 1. The van der Waals surface area contributed by atoms with Gasteiger partial charge >= 0.3 is 5.97 Å². The Balaban J connectivity index is 2.82. The molecule has 0 N–H and O–H groups in total. The topological polar surface area (TPSA) is 35.5 Å². The highest BCUT2D eigenvalue weighted by Crippen LogP contribution is 2.29. The van der Waals surface area contributed by atoms with Crippen LogP contribution in [0, 0.1) is 0 Å². The van der Waals surface area contributed by atoms with Crippen LogP contribution in [0.25, 0.3) is 0 Å². The highest BCUT2D eigenvalue weighted by atomic mass is 35.5. The predicted molar refractivity (Wildman–Crippen MR) is 58.5 cm³/mol. The third-order valence-electron chi connectivity index (χ3n) is 1.72. The molecule has 0 saturated carbocycles. The molecule has 0 unspecified atom stereocenters. The smallest absolute Gasteiger partial charge is 0.310 e. The average Bonchev–Trinajstić information content (AvgIpc) is 2.23. The fraction of sp³-hybridized carbons (Fsp3) is 0.364. The van der Waals surface area contributed by atoms with Crippen molar-refractivity contribution < 1.29 is 14.3 Å². The Hall–Kier alpha value is -1.22. The molecule has 1 rings (SSSR count). The van der Waals surface area contributed by atoms with Crippen LogP contribution in [-0.4, -0.2) is 12.6 Å². The van der Waals surface area contributed by atoms with E-state index in [9.17, 15) is 4.79 Å². The van der Waals surface area contributed by atoms with Crippen LogP contribution in [0.4, 0.5) is 0 Å². The first-order valence-electron chi connectivity index (χ1n) is 4.80. The van der Waals surface area contributed by atoms with Gasteiger partial charge in [-0.25, -0.2) is 0 Å². The molecule has 0 spiro atoms. The molecule has 82 valence electrons. The van der Waals surface area contributed by atoms with Crippen molar-refractivity contribution in [3.63, 3.8) is 0 Å². The number of ether oxygens (including phenoxy) is 2. The van der Waals surface area contributed by atoms with E-state index in [1.807, 2.05) is 6.92 Å². The lowest BCUT2D eigenvalue weighted by atomic mass is 10.3. The molecular weight excluding hydrogens is 216 g/mol. The molecule has 0 heterocycles. The third-order valence-corrected chi connectivity index (χ3v) is 2.04. The van der Waals surface area contributed by atoms with Crippen LogP contribution >= 0.6 is 11.6 Å². The summed E-state index contributed by atoms with van der Waals surface area (Å²) < 4.78 is 10.3. The SMILES string of the molecule is CCOc1cc(OC(=O)CC)ccc1Cl. The summed E-state index contributed by atoms with van der Waals surface area (Å²) in [5, 5.41) is 0.508. The van der Waals surface area contributed by atoms with Gasteiger partial charge in [0.25, 0.3) is 0 Å². The first-order valence-corrected chi connectivity index (χ1v) is 5.18. The van der Waals surface area contributed by atoms with Gasteiger partial charge in [-0.3, -0.25) is 4.79 Å². The largest absolute Gasteiger partial charge is 0.492 e. The summed E-state index contributed by atoms with van der Waals surface area (Å²) in [4.78, 5) is 11.0. The third kappa shape index (κ3) is 3.44. The fourth-order valence-electron chi connectivity index (χ4n) is 1.02. The zero-order chi connectivity index (χ0) is 11.3. The summed E-state index contributed by atoms with van der Waals surface area (Å²) in [6, 6.07) is 4.89. The van der Waals surface area contributed by atoms with Crippen molar-refractivity contribution in [3.05, 3.63) is 23.2 Å². The molecule has 1 aromatic rings. The lowest BCUT2D eigenvalue weighted by molar-refractivity contribution is -0.134. The van der Waals surface area contributed by atoms with Gasteiger partial charge in [-0.2, -0.15) is 0 Å². The molecule has 3 nitrogen and oxygen atoms in total. The molecule has 0 radical (unpaired) electrons. The van der Waals surface area contributed by atoms with Gasteiger partial charge in [0.2, 0.25) is 0 Å². The minimum absolute atomic E-state index is 0.278. The fourth-order valence-corrected chi connectivity index (χ4v) is 1.19. The van der Waals surface area contributed by atoms with Gasteiger partial charge in [0.1, 0.15) is 11.5 Å². The van der Waals surface area contributed by atoms with E-state index in [0.29, 0.717) is 29.5 Å². The first kappa shape index (κ1) is 11.9. The predicted octanol–water partition coefficient (Wildman–Crippen LogP) is 3.05. The molecule has 0 aliphatic carbocycles. The molecule has 0 bridgehead atoms. The first-order chi connectivity index (χ1) is 7.17. The Morgan fingerprint density at radius 1 is 1.40 bits per heavy atom.